The number of nitrogens with zero attached hydrogens (tertiary/aromatic N) is 4. The van der Waals surface area contributed by atoms with E-state index in [4.69, 9.17) is 0 Å². The molecule has 12 nitrogen and oxygen atoms in total. The third kappa shape index (κ3) is 8.31. The molecule has 12 heteroatoms. The van der Waals surface area contributed by atoms with E-state index in [0.717, 1.165) is 75.3 Å². The van der Waals surface area contributed by atoms with Crippen LogP contribution in [0.4, 0.5) is 11.4 Å². The molecule has 1 saturated heterocycles. The van der Waals surface area contributed by atoms with Crippen molar-refractivity contribution in [2.45, 2.75) is 119 Å². The number of hydrogen-bond acceptors (Lipinski definition) is 8. The second-order valence-electron chi connectivity index (χ2n) is 22.7. The third-order valence-corrected chi connectivity index (χ3v) is 18.5. The number of fused-ring (bicyclic) bond motifs is 7. The molecule has 1 aliphatic heterocycles. The molecule has 2 amide bonds. The van der Waals surface area contributed by atoms with E-state index in [2.05, 4.69) is 69.7 Å². The molecule has 1 unspecified atom stereocenters. The Hall–Kier alpha value is -4.97. The highest BCUT2D eigenvalue weighted by Gasteiger charge is 2.69. The van der Waals surface area contributed by atoms with Crippen LogP contribution < -0.4 is 5.32 Å². The fourth-order valence-corrected chi connectivity index (χ4v) is 14.6. The van der Waals surface area contributed by atoms with Gasteiger partial charge in [0, 0.05) is 62.6 Å². The van der Waals surface area contributed by atoms with E-state index in [-0.39, 0.29) is 68.6 Å². The van der Waals surface area contributed by atoms with Crippen LogP contribution in [0.15, 0.2) is 72.3 Å². The summed E-state index contributed by atoms with van der Waals surface area (Å²) < 4.78 is 0. The topological polar surface area (TPSA) is 156 Å². The summed E-state index contributed by atoms with van der Waals surface area (Å²) in [5.41, 5.74) is 2.80. The van der Waals surface area contributed by atoms with Crippen molar-refractivity contribution in [3.05, 3.63) is 104 Å². The summed E-state index contributed by atoms with van der Waals surface area (Å²) in [6.07, 6.45) is 19.2. The molecule has 4 saturated carbocycles. The van der Waals surface area contributed by atoms with Gasteiger partial charge in [-0.2, -0.15) is 0 Å². The third-order valence-electron chi connectivity index (χ3n) is 18.5. The molecule has 0 radical (unpaired) electrons. The van der Waals surface area contributed by atoms with Crippen molar-refractivity contribution < 1.29 is 24.2 Å². The second kappa shape index (κ2) is 17.0. The zero-order valence-electron chi connectivity index (χ0n) is 39.6. The summed E-state index contributed by atoms with van der Waals surface area (Å²) in [6.45, 7) is 20.0. The Morgan fingerprint density at radius 1 is 0.723 bits per heavy atom. The van der Waals surface area contributed by atoms with Gasteiger partial charge in [-0.3, -0.25) is 39.5 Å². The van der Waals surface area contributed by atoms with Crippen molar-refractivity contribution in [1.29, 1.82) is 0 Å². The van der Waals surface area contributed by atoms with Gasteiger partial charge >= 0.3 is 0 Å². The van der Waals surface area contributed by atoms with Crippen LogP contribution in [0.5, 0.6) is 0 Å². The first-order valence-electron chi connectivity index (χ1n) is 24.0. The largest absolute Gasteiger partial charge is 0.349 e. The Kier molecular flexibility index (Phi) is 12.2. The van der Waals surface area contributed by atoms with Crippen LogP contribution in [0.1, 0.15) is 124 Å². The first-order chi connectivity index (χ1) is 30.6. The quantitative estimate of drug-likeness (QED) is 0.107. The Morgan fingerprint density at radius 2 is 1.31 bits per heavy atom. The lowest BCUT2D eigenvalue weighted by Gasteiger charge is -2.71. The number of piperazine rings is 1. The molecule has 5 fully saturated rings. The molecule has 0 aromatic heterocycles. The molecule has 2 aromatic carbocycles. The minimum absolute atomic E-state index is 0.0150. The smallest absolute Gasteiger partial charge is 0.269 e. The first kappa shape index (κ1) is 46.6. The van der Waals surface area contributed by atoms with Crippen LogP contribution in [-0.2, 0) is 14.4 Å². The minimum Gasteiger partial charge on any atom is -0.349 e. The lowest BCUT2D eigenvalue weighted by Crippen LogP contribution is -2.67. The van der Waals surface area contributed by atoms with E-state index >= 15 is 4.79 Å². The van der Waals surface area contributed by atoms with Gasteiger partial charge in [0.15, 0.2) is 5.78 Å². The Balaban J connectivity index is 0.952. The highest BCUT2D eigenvalue weighted by Crippen LogP contribution is 2.76. The molecule has 2 aromatic rings. The van der Waals surface area contributed by atoms with Gasteiger partial charge < -0.3 is 10.2 Å². The standard InChI is InChI=1S/C53H69N5O7/c1-48(2)26-28-53(47(61)56-32-30-55(31-33-56)35-40(59)18-12-36-8-14-38(15-9-36)57(62)63)29-27-51(6)41(42(53)34-48)19-20-44-50(5)24-23-45(49(3,4)43(50)22-25-52(44,51)7)54-46(60)21-13-37-10-16-39(17-11-37)58(64)65/h8-19,21,42-45H,20,22-35H2,1-7H3,(H,54,60)/b18-12+,21-13+/t42-,43-,44+,45?,50-,51+,52+,53-/m0/s1. The summed E-state index contributed by atoms with van der Waals surface area (Å²) in [4.78, 5) is 67.0. The summed E-state index contributed by atoms with van der Waals surface area (Å²) in [6, 6.07) is 12.4. The molecule has 8 rings (SSSR count). The van der Waals surface area contributed by atoms with Crippen molar-refractivity contribution in [1.82, 2.24) is 15.1 Å². The van der Waals surface area contributed by atoms with E-state index in [1.807, 2.05) is 0 Å². The molecule has 5 aliphatic carbocycles. The lowest BCUT2D eigenvalue weighted by molar-refractivity contribution is -0.385. The normalized spacial score (nSPS) is 34.1. The van der Waals surface area contributed by atoms with Gasteiger partial charge in [0.25, 0.3) is 11.4 Å². The van der Waals surface area contributed by atoms with Gasteiger partial charge in [0.05, 0.1) is 21.8 Å². The number of hydrogen-bond donors (Lipinski definition) is 1. The lowest BCUT2D eigenvalue weighted by atomic mass is 9.33. The molecule has 1 heterocycles. The van der Waals surface area contributed by atoms with Crippen molar-refractivity contribution in [2.24, 2.45) is 50.2 Å². The zero-order chi connectivity index (χ0) is 46.7. The average Bonchev–Trinajstić information content (AvgIpc) is 3.26. The molecule has 6 aliphatic rings. The van der Waals surface area contributed by atoms with Gasteiger partial charge in [-0.25, -0.2) is 0 Å². The Morgan fingerprint density at radius 3 is 1.91 bits per heavy atom. The second-order valence-corrected chi connectivity index (χ2v) is 22.7. The molecule has 8 atom stereocenters. The van der Waals surface area contributed by atoms with E-state index in [1.54, 1.807) is 54.1 Å². The summed E-state index contributed by atoms with van der Waals surface area (Å²) in [5, 5.41) is 25.5. The van der Waals surface area contributed by atoms with Crippen LogP contribution in [0.3, 0.4) is 0 Å². The molecule has 348 valence electrons. The maximum atomic E-state index is 15.2. The number of nitro groups is 2. The summed E-state index contributed by atoms with van der Waals surface area (Å²) in [5.74, 6) is 1.27. The van der Waals surface area contributed by atoms with Crippen LogP contribution in [0, 0.1) is 70.5 Å². The van der Waals surface area contributed by atoms with E-state index in [9.17, 15) is 29.8 Å². The van der Waals surface area contributed by atoms with E-state index in [0.29, 0.717) is 43.9 Å². The van der Waals surface area contributed by atoms with Crippen LogP contribution in [0.25, 0.3) is 12.2 Å². The fourth-order valence-electron chi connectivity index (χ4n) is 14.6. The molecule has 65 heavy (non-hydrogen) atoms. The van der Waals surface area contributed by atoms with Crippen LogP contribution >= 0.6 is 0 Å². The Bertz CT molecular complexity index is 2310. The van der Waals surface area contributed by atoms with Gasteiger partial charge in [-0.1, -0.05) is 66.2 Å². The molecular weight excluding hydrogens is 819 g/mol. The number of nitrogens with one attached hydrogen (secondary N) is 1. The van der Waals surface area contributed by atoms with E-state index in [1.165, 1.54) is 24.3 Å². The summed E-state index contributed by atoms with van der Waals surface area (Å²) in [7, 11) is 0. The van der Waals surface area contributed by atoms with Gasteiger partial charge in [0.2, 0.25) is 11.8 Å². The maximum absolute atomic E-state index is 15.2. The average molecular weight is 888 g/mol. The van der Waals surface area contributed by atoms with Crippen molar-refractivity contribution in [2.75, 3.05) is 32.7 Å². The highest BCUT2D eigenvalue weighted by molar-refractivity contribution is 5.95. The highest BCUT2D eigenvalue weighted by atomic mass is 16.6. The maximum Gasteiger partial charge on any atom is 0.269 e. The minimum atomic E-state index is -0.438. The number of nitro benzene ring substituents is 2. The number of carbonyl (C=O) groups is 3. The predicted octanol–water partition coefficient (Wildman–Crippen LogP) is 10.2. The Labute approximate surface area is 384 Å². The monoisotopic (exact) mass is 888 g/mol. The number of carbonyl (C=O) groups excluding carboxylic acids is 3. The van der Waals surface area contributed by atoms with Gasteiger partial charge in [-0.15, -0.1) is 0 Å². The van der Waals surface area contributed by atoms with Gasteiger partial charge in [-0.05, 0) is 157 Å². The zero-order valence-corrected chi connectivity index (χ0v) is 39.6. The van der Waals surface area contributed by atoms with Gasteiger partial charge in [0.1, 0.15) is 0 Å². The van der Waals surface area contributed by atoms with E-state index < -0.39 is 15.3 Å². The van der Waals surface area contributed by atoms with Crippen LogP contribution in [0.2, 0.25) is 0 Å². The molecule has 1 N–H and O–H groups in total. The number of amides is 2. The predicted molar refractivity (Wildman–Crippen MR) is 253 cm³/mol. The summed E-state index contributed by atoms with van der Waals surface area (Å²) >= 11 is 0. The molecule has 0 spiro atoms. The number of ketones is 1. The van der Waals surface area contributed by atoms with Crippen molar-refractivity contribution >= 4 is 41.1 Å². The number of allylic oxidation sites excluding steroid dienone is 2. The number of rotatable bonds is 10. The molecular formula is C53H69N5O7. The number of benzene rings is 2. The van der Waals surface area contributed by atoms with Crippen LogP contribution in [-0.4, -0.2) is 76.0 Å². The SMILES string of the molecule is CC1(C)CC[C@]2(C(=O)N3CCN(CC(=O)/C=C/c4ccc([N+](=O)[O-])cc4)CC3)CC[C@]3(C)C(=CC[C@@H]4[C@@]5(C)CCC(NC(=O)/C=C/c6ccc([N+](=O)[O-])cc6)C(C)(C)[C@@H]5CC[C@]43C)[C@@H]2C1. The van der Waals surface area contributed by atoms with Crippen molar-refractivity contribution in [3.63, 3.8) is 0 Å². The first-order valence-corrected chi connectivity index (χ1v) is 24.0. The number of non-ortho nitro benzene ring substituents is 2. The van der Waals surface area contributed by atoms with Crippen molar-refractivity contribution in [3.8, 4) is 0 Å². The fraction of sp³-hybridized carbons (Fsp3) is 0.604. The molecule has 0 bridgehead atoms.